The Hall–Kier alpha value is -3.23. The maximum atomic E-state index is 12.9. The lowest BCUT2D eigenvalue weighted by molar-refractivity contribution is -0.121. The van der Waals surface area contributed by atoms with Crippen molar-refractivity contribution in [2.24, 2.45) is 0 Å². The van der Waals surface area contributed by atoms with E-state index < -0.39 is 11.2 Å². The summed E-state index contributed by atoms with van der Waals surface area (Å²) in [7, 11) is 0. The van der Waals surface area contributed by atoms with Gasteiger partial charge in [-0.15, -0.1) is 11.3 Å². The van der Waals surface area contributed by atoms with E-state index in [-0.39, 0.29) is 36.9 Å². The highest BCUT2D eigenvalue weighted by atomic mass is 35.5. The van der Waals surface area contributed by atoms with E-state index >= 15 is 0 Å². The average molecular weight is 441 g/mol. The molecule has 1 N–H and O–H groups in total. The van der Waals surface area contributed by atoms with Crippen LogP contribution in [-0.2, 0) is 24.4 Å². The monoisotopic (exact) mass is 440 g/mol. The summed E-state index contributed by atoms with van der Waals surface area (Å²) in [5.74, 6) is -0.104. The molecule has 3 heterocycles. The van der Waals surface area contributed by atoms with E-state index in [4.69, 9.17) is 11.6 Å². The number of hydrogen-bond donors (Lipinski definition) is 1. The van der Waals surface area contributed by atoms with E-state index in [9.17, 15) is 14.4 Å². The number of fused-ring (bicyclic) bond motifs is 1. The van der Waals surface area contributed by atoms with Crippen molar-refractivity contribution in [3.63, 3.8) is 0 Å². The number of halogens is 1. The van der Waals surface area contributed by atoms with Gasteiger partial charge in [0.05, 0.1) is 12.1 Å². The number of benzene rings is 1. The Morgan fingerprint density at radius 1 is 1.10 bits per heavy atom. The fourth-order valence-electron chi connectivity index (χ4n) is 3.09. The first kappa shape index (κ1) is 20.1. The van der Waals surface area contributed by atoms with Crippen LogP contribution in [-0.4, -0.2) is 20.0 Å². The standard InChI is InChI=1S/C21H17ClN4O3S/c22-17-8-2-1-5-14(17)11-23-18(27)13-25-9-3-7-16-19(25)24-21(29)26(20(16)28)12-15-6-4-10-30-15/h1-10H,11-13H2,(H,23,27). The molecule has 7 nitrogen and oxygen atoms in total. The first-order valence-electron chi connectivity index (χ1n) is 9.15. The molecule has 0 bridgehead atoms. The third-order valence-corrected chi connectivity index (χ3v) is 5.82. The topological polar surface area (TPSA) is 86.0 Å². The third kappa shape index (κ3) is 4.19. The SMILES string of the molecule is O=C(Cn1cccc2c(=O)n(Cc3cccs3)c(=O)nc1-2)NCc1ccccc1Cl. The molecule has 1 aromatic heterocycles. The van der Waals surface area contributed by atoms with Crippen LogP contribution < -0.4 is 16.6 Å². The number of nitrogens with one attached hydrogen (secondary N) is 1. The van der Waals surface area contributed by atoms with Crippen molar-refractivity contribution < 1.29 is 4.79 Å². The van der Waals surface area contributed by atoms with Gasteiger partial charge >= 0.3 is 5.69 Å². The Morgan fingerprint density at radius 3 is 2.70 bits per heavy atom. The maximum Gasteiger partial charge on any atom is 0.352 e. The highest BCUT2D eigenvalue weighted by Crippen LogP contribution is 2.16. The van der Waals surface area contributed by atoms with Crippen LogP contribution in [0.4, 0.5) is 0 Å². The second kappa shape index (κ2) is 8.64. The zero-order valence-electron chi connectivity index (χ0n) is 15.7. The molecule has 0 saturated heterocycles. The minimum Gasteiger partial charge on any atom is -0.350 e. The summed E-state index contributed by atoms with van der Waals surface area (Å²) in [5.41, 5.74) is 0.0148. The number of thiophene rings is 1. The summed E-state index contributed by atoms with van der Waals surface area (Å²) in [4.78, 5) is 42.7. The van der Waals surface area contributed by atoms with Gasteiger partial charge in [0, 0.05) is 22.6 Å². The van der Waals surface area contributed by atoms with E-state index in [0.29, 0.717) is 5.02 Å². The number of nitrogens with zero attached hydrogens (tertiary/aromatic N) is 3. The number of amides is 1. The van der Waals surface area contributed by atoms with E-state index in [1.165, 1.54) is 15.9 Å². The molecule has 0 atom stereocenters. The molecule has 0 spiro atoms. The predicted molar refractivity (Wildman–Crippen MR) is 116 cm³/mol. The van der Waals surface area contributed by atoms with Gasteiger partial charge in [0.15, 0.2) is 5.82 Å². The Labute approximate surface area is 180 Å². The molecule has 30 heavy (non-hydrogen) atoms. The number of aromatic nitrogens is 3. The third-order valence-electron chi connectivity index (χ3n) is 4.59. The molecule has 1 aromatic carbocycles. The first-order chi connectivity index (χ1) is 14.5. The van der Waals surface area contributed by atoms with Crippen molar-refractivity contribution in [3.05, 3.63) is 96.4 Å². The number of carbonyl (C=O) groups is 1. The fourth-order valence-corrected chi connectivity index (χ4v) is 3.98. The first-order valence-corrected chi connectivity index (χ1v) is 10.4. The molecule has 152 valence electrons. The highest BCUT2D eigenvalue weighted by molar-refractivity contribution is 7.09. The molecule has 0 unspecified atom stereocenters. The number of pyridine rings is 1. The normalized spacial score (nSPS) is 11.0. The molecule has 4 rings (SSSR count). The molecule has 2 aromatic rings. The summed E-state index contributed by atoms with van der Waals surface area (Å²) in [6.45, 7) is 0.367. The fraction of sp³-hybridized carbons (Fsp3) is 0.143. The van der Waals surface area contributed by atoms with Crippen molar-refractivity contribution in [2.45, 2.75) is 19.6 Å². The van der Waals surface area contributed by atoms with Crippen LogP contribution in [0.15, 0.2) is 69.7 Å². The van der Waals surface area contributed by atoms with Gasteiger partial charge in [-0.25, -0.2) is 4.79 Å². The van der Waals surface area contributed by atoms with Gasteiger partial charge in [0.1, 0.15) is 6.54 Å². The molecular formula is C21H17ClN4O3S. The van der Waals surface area contributed by atoms with Crippen molar-refractivity contribution in [2.75, 3.05) is 0 Å². The Kier molecular flexibility index (Phi) is 5.78. The molecule has 2 aliphatic rings. The van der Waals surface area contributed by atoms with Gasteiger partial charge in [-0.1, -0.05) is 35.9 Å². The second-order valence-electron chi connectivity index (χ2n) is 6.61. The Bertz CT molecular complexity index is 1280. The van der Waals surface area contributed by atoms with Gasteiger partial charge < -0.3 is 9.88 Å². The van der Waals surface area contributed by atoms with E-state index in [1.807, 2.05) is 35.7 Å². The van der Waals surface area contributed by atoms with Crippen LogP contribution in [0.1, 0.15) is 10.4 Å². The smallest absolute Gasteiger partial charge is 0.350 e. The minimum atomic E-state index is -0.641. The van der Waals surface area contributed by atoms with E-state index in [0.717, 1.165) is 15.0 Å². The summed E-state index contributed by atoms with van der Waals surface area (Å²) < 4.78 is 2.60. The van der Waals surface area contributed by atoms with Gasteiger partial charge in [0.2, 0.25) is 5.91 Å². The summed E-state index contributed by atoms with van der Waals surface area (Å²) >= 11 is 7.57. The molecule has 0 aliphatic carbocycles. The maximum absolute atomic E-state index is 12.9. The summed E-state index contributed by atoms with van der Waals surface area (Å²) in [6, 6.07) is 14.2. The van der Waals surface area contributed by atoms with Gasteiger partial charge in [-0.3, -0.25) is 14.2 Å². The molecule has 1 amide bonds. The molecule has 0 fully saturated rings. The number of hydrogen-bond acceptors (Lipinski definition) is 5. The van der Waals surface area contributed by atoms with Crippen molar-refractivity contribution in [3.8, 4) is 11.4 Å². The highest BCUT2D eigenvalue weighted by Gasteiger charge is 2.18. The largest absolute Gasteiger partial charge is 0.352 e. The zero-order chi connectivity index (χ0) is 21.1. The molecule has 0 radical (unpaired) electrons. The summed E-state index contributed by atoms with van der Waals surface area (Å²) in [5, 5.41) is 5.24. The second-order valence-corrected chi connectivity index (χ2v) is 8.05. The van der Waals surface area contributed by atoms with Crippen LogP contribution in [0.2, 0.25) is 5.02 Å². The van der Waals surface area contributed by atoms with E-state index in [2.05, 4.69) is 10.3 Å². The lowest BCUT2D eigenvalue weighted by atomic mass is 10.2. The number of carbonyl (C=O) groups excluding carboxylic acids is 1. The van der Waals surface area contributed by atoms with Crippen molar-refractivity contribution in [1.29, 1.82) is 0 Å². The van der Waals surface area contributed by atoms with Gasteiger partial charge in [-0.2, -0.15) is 4.98 Å². The van der Waals surface area contributed by atoms with Crippen LogP contribution in [0, 0.1) is 0 Å². The Balaban J connectivity index is 1.57. The quantitative estimate of drug-likeness (QED) is 0.499. The Morgan fingerprint density at radius 2 is 1.93 bits per heavy atom. The minimum absolute atomic E-state index is 0.0807. The van der Waals surface area contributed by atoms with Crippen LogP contribution in [0.25, 0.3) is 11.4 Å². The molecule has 9 heteroatoms. The van der Waals surface area contributed by atoms with Gasteiger partial charge in [-0.05, 0) is 35.2 Å². The zero-order valence-corrected chi connectivity index (χ0v) is 17.3. The summed E-state index contributed by atoms with van der Waals surface area (Å²) in [6.07, 6.45) is 1.62. The van der Waals surface area contributed by atoms with Gasteiger partial charge in [0.25, 0.3) is 5.56 Å². The van der Waals surface area contributed by atoms with Crippen LogP contribution in [0.3, 0.4) is 0 Å². The van der Waals surface area contributed by atoms with Crippen molar-refractivity contribution >= 4 is 28.8 Å². The lowest BCUT2D eigenvalue weighted by Gasteiger charge is -2.15. The van der Waals surface area contributed by atoms with Crippen molar-refractivity contribution in [1.82, 2.24) is 19.4 Å². The van der Waals surface area contributed by atoms with Crippen LogP contribution >= 0.6 is 22.9 Å². The molecule has 2 aliphatic heterocycles. The van der Waals surface area contributed by atoms with E-state index in [1.54, 1.807) is 24.4 Å². The molecular weight excluding hydrogens is 424 g/mol. The molecule has 0 saturated carbocycles. The lowest BCUT2D eigenvalue weighted by Crippen LogP contribution is -2.38. The number of rotatable bonds is 6. The average Bonchev–Trinajstić information content (AvgIpc) is 3.24. The van der Waals surface area contributed by atoms with Crippen LogP contribution in [0.5, 0.6) is 0 Å². The predicted octanol–water partition coefficient (Wildman–Crippen LogP) is 2.59.